The van der Waals surface area contributed by atoms with Gasteiger partial charge in [-0.25, -0.2) is 4.98 Å². The van der Waals surface area contributed by atoms with E-state index in [1.165, 1.54) is 11.5 Å². The lowest BCUT2D eigenvalue weighted by atomic mass is 9.93. The smallest absolute Gasteiger partial charge is 0.239 e. The van der Waals surface area contributed by atoms with Gasteiger partial charge in [0, 0.05) is 50.8 Å². The molecular formula is C17H29N5OS. The number of rotatable bonds is 3. The standard InChI is InChI=1S/C17H29N5OS/c1-13-18-16(24-19-13)21-10-8-20(9-11-21)14-6-5-7-22(15(14)23)12-17(2,3)4/h14H,5-12H2,1-4H3. The monoisotopic (exact) mass is 351 g/mol. The highest BCUT2D eigenvalue weighted by Gasteiger charge is 2.36. The highest BCUT2D eigenvalue weighted by molar-refractivity contribution is 7.09. The Kier molecular flexibility index (Phi) is 5.11. The first-order chi connectivity index (χ1) is 11.3. The zero-order valence-electron chi connectivity index (χ0n) is 15.3. The average molecular weight is 352 g/mol. The Morgan fingerprint density at radius 3 is 2.46 bits per heavy atom. The van der Waals surface area contributed by atoms with Crippen molar-refractivity contribution in [3.05, 3.63) is 5.82 Å². The summed E-state index contributed by atoms with van der Waals surface area (Å²) in [5.41, 5.74) is 0.159. The summed E-state index contributed by atoms with van der Waals surface area (Å²) in [6.07, 6.45) is 2.11. The van der Waals surface area contributed by atoms with Gasteiger partial charge in [-0.2, -0.15) is 4.37 Å². The van der Waals surface area contributed by atoms with Crippen molar-refractivity contribution >= 4 is 22.6 Å². The highest BCUT2D eigenvalue weighted by Crippen LogP contribution is 2.25. The van der Waals surface area contributed by atoms with Crippen LogP contribution in [0.2, 0.25) is 0 Å². The molecule has 0 N–H and O–H groups in total. The number of carbonyl (C=O) groups excluding carboxylic acids is 1. The summed E-state index contributed by atoms with van der Waals surface area (Å²) in [6.45, 7) is 14.0. The van der Waals surface area contributed by atoms with Crippen molar-refractivity contribution in [3.63, 3.8) is 0 Å². The third-order valence-corrected chi connectivity index (χ3v) is 5.58. The van der Waals surface area contributed by atoms with E-state index in [1.54, 1.807) is 0 Å². The summed E-state index contributed by atoms with van der Waals surface area (Å²) >= 11 is 1.47. The van der Waals surface area contributed by atoms with E-state index in [0.717, 1.165) is 63.1 Å². The minimum Gasteiger partial charge on any atom is -0.344 e. The predicted octanol–water partition coefficient (Wildman–Crippen LogP) is 2.01. The van der Waals surface area contributed by atoms with Crippen molar-refractivity contribution in [1.29, 1.82) is 0 Å². The van der Waals surface area contributed by atoms with Crippen LogP contribution in [0.4, 0.5) is 5.13 Å². The van der Waals surface area contributed by atoms with Crippen molar-refractivity contribution in [1.82, 2.24) is 19.2 Å². The van der Waals surface area contributed by atoms with Crippen molar-refractivity contribution in [2.75, 3.05) is 44.2 Å². The molecule has 6 nitrogen and oxygen atoms in total. The molecule has 1 atom stereocenters. The van der Waals surface area contributed by atoms with Gasteiger partial charge in [0.2, 0.25) is 11.0 Å². The van der Waals surface area contributed by atoms with Crippen LogP contribution in [-0.2, 0) is 4.79 Å². The van der Waals surface area contributed by atoms with E-state index in [2.05, 4.69) is 44.8 Å². The maximum Gasteiger partial charge on any atom is 0.239 e. The third kappa shape index (κ3) is 4.06. The second-order valence-electron chi connectivity index (χ2n) is 8.13. The number of carbonyl (C=O) groups is 1. The van der Waals surface area contributed by atoms with E-state index < -0.39 is 0 Å². The van der Waals surface area contributed by atoms with Gasteiger partial charge in [0.25, 0.3) is 0 Å². The molecule has 3 rings (SSSR count). The number of aryl methyl sites for hydroxylation is 1. The average Bonchev–Trinajstić information content (AvgIpc) is 2.95. The molecule has 2 aliphatic rings. The number of nitrogens with zero attached hydrogens (tertiary/aromatic N) is 5. The first-order valence-corrected chi connectivity index (χ1v) is 9.69. The van der Waals surface area contributed by atoms with E-state index >= 15 is 0 Å². The van der Waals surface area contributed by atoms with E-state index in [-0.39, 0.29) is 11.5 Å². The van der Waals surface area contributed by atoms with Gasteiger partial charge in [-0.1, -0.05) is 20.8 Å². The van der Waals surface area contributed by atoms with Crippen molar-refractivity contribution in [2.45, 2.75) is 46.6 Å². The van der Waals surface area contributed by atoms with Crippen LogP contribution in [0, 0.1) is 12.3 Å². The van der Waals surface area contributed by atoms with Gasteiger partial charge >= 0.3 is 0 Å². The number of hydrogen-bond donors (Lipinski definition) is 0. The number of anilines is 1. The molecule has 3 heterocycles. The summed E-state index contributed by atoms with van der Waals surface area (Å²) in [5.74, 6) is 1.18. The molecule has 0 saturated carbocycles. The second kappa shape index (κ2) is 6.96. The Morgan fingerprint density at radius 2 is 1.88 bits per heavy atom. The number of piperidine rings is 1. The number of piperazine rings is 1. The molecule has 0 radical (unpaired) electrons. The maximum absolute atomic E-state index is 12.9. The normalized spacial score (nSPS) is 23.8. The Balaban J connectivity index is 1.58. The largest absolute Gasteiger partial charge is 0.344 e. The Labute approximate surface area is 149 Å². The molecule has 1 amide bonds. The Bertz CT molecular complexity index is 574. The van der Waals surface area contributed by atoms with Gasteiger partial charge in [-0.05, 0) is 25.2 Å². The molecule has 7 heteroatoms. The molecule has 2 saturated heterocycles. The van der Waals surface area contributed by atoms with E-state index in [4.69, 9.17) is 0 Å². The maximum atomic E-state index is 12.9. The summed E-state index contributed by atoms with van der Waals surface area (Å²) < 4.78 is 4.27. The molecule has 2 fully saturated rings. The van der Waals surface area contributed by atoms with Crippen LogP contribution in [0.25, 0.3) is 0 Å². The minimum absolute atomic E-state index is 0.0689. The van der Waals surface area contributed by atoms with Crippen molar-refractivity contribution < 1.29 is 4.79 Å². The van der Waals surface area contributed by atoms with Gasteiger partial charge in [-0.3, -0.25) is 9.69 Å². The minimum atomic E-state index is 0.0689. The summed E-state index contributed by atoms with van der Waals surface area (Å²) in [5, 5.41) is 1.01. The molecule has 1 unspecified atom stereocenters. The molecule has 0 spiro atoms. The Hall–Kier alpha value is -1.21. The van der Waals surface area contributed by atoms with Crippen LogP contribution in [0.3, 0.4) is 0 Å². The van der Waals surface area contributed by atoms with Gasteiger partial charge in [-0.15, -0.1) is 0 Å². The van der Waals surface area contributed by atoms with Crippen LogP contribution in [0.5, 0.6) is 0 Å². The molecule has 1 aromatic heterocycles. The van der Waals surface area contributed by atoms with Crippen LogP contribution in [-0.4, -0.2) is 70.4 Å². The predicted molar refractivity (Wildman–Crippen MR) is 97.5 cm³/mol. The Morgan fingerprint density at radius 1 is 1.17 bits per heavy atom. The van der Waals surface area contributed by atoms with Gasteiger partial charge < -0.3 is 9.80 Å². The van der Waals surface area contributed by atoms with Crippen LogP contribution in [0.1, 0.15) is 39.4 Å². The van der Waals surface area contributed by atoms with Gasteiger partial charge in [0.1, 0.15) is 5.82 Å². The van der Waals surface area contributed by atoms with E-state index in [9.17, 15) is 4.79 Å². The molecule has 134 valence electrons. The third-order valence-electron chi connectivity index (χ3n) is 4.71. The number of likely N-dealkylation sites (tertiary alicyclic amines) is 1. The molecule has 0 bridgehead atoms. The fourth-order valence-electron chi connectivity index (χ4n) is 3.63. The van der Waals surface area contributed by atoms with Crippen molar-refractivity contribution in [2.24, 2.45) is 5.41 Å². The van der Waals surface area contributed by atoms with Crippen LogP contribution in [0.15, 0.2) is 0 Å². The van der Waals surface area contributed by atoms with E-state index in [0.29, 0.717) is 5.91 Å². The van der Waals surface area contributed by atoms with Gasteiger partial charge in [0.15, 0.2) is 0 Å². The highest BCUT2D eigenvalue weighted by atomic mass is 32.1. The lowest BCUT2D eigenvalue weighted by Gasteiger charge is -2.43. The fraction of sp³-hybridized carbons (Fsp3) is 0.824. The number of aromatic nitrogens is 2. The molecule has 0 aliphatic carbocycles. The quantitative estimate of drug-likeness (QED) is 0.834. The second-order valence-corrected chi connectivity index (χ2v) is 8.86. The van der Waals surface area contributed by atoms with Crippen LogP contribution < -0.4 is 4.90 Å². The van der Waals surface area contributed by atoms with Gasteiger partial charge in [0.05, 0.1) is 6.04 Å². The topological polar surface area (TPSA) is 52.6 Å². The SMILES string of the molecule is Cc1nsc(N2CCN(C3CCCN(CC(C)(C)C)C3=O)CC2)n1. The lowest BCUT2D eigenvalue weighted by Crippen LogP contribution is -2.58. The first-order valence-electron chi connectivity index (χ1n) is 8.91. The zero-order chi connectivity index (χ0) is 17.3. The van der Waals surface area contributed by atoms with E-state index in [1.807, 2.05) is 6.92 Å². The molecule has 2 aliphatic heterocycles. The summed E-state index contributed by atoms with van der Waals surface area (Å²) in [4.78, 5) is 24.1. The first kappa shape index (κ1) is 17.6. The zero-order valence-corrected chi connectivity index (χ0v) is 16.1. The number of hydrogen-bond acceptors (Lipinski definition) is 6. The number of amides is 1. The summed E-state index contributed by atoms with van der Waals surface area (Å²) in [6, 6.07) is 0.0689. The molecule has 0 aromatic carbocycles. The molecule has 1 aromatic rings. The molecule has 24 heavy (non-hydrogen) atoms. The summed E-state index contributed by atoms with van der Waals surface area (Å²) in [7, 11) is 0. The van der Waals surface area contributed by atoms with Crippen LogP contribution >= 0.6 is 11.5 Å². The molecular weight excluding hydrogens is 322 g/mol. The van der Waals surface area contributed by atoms with Crippen molar-refractivity contribution in [3.8, 4) is 0 Å². The fourth-order valence-corrected chi connectivity index (χ4v) is 4.35. The lowest BCUT2D eigenvalue weighted by molar-refractivity contribution is -0.141.